The lowest BCUT2D eigenvalue weighted by Crippen LogP contribution is -2.53. The molecule has 1 unspecified atom stereocenters. The van der Waals surface area contributed by atoms with Gasteiger partial charge in [0, 0.05) is 38.4 Å². The van der Waals surface area contributed by atoms with Crippen molar-refractivity contribution in [3.8, 4) is 0 Å². The Hall–Kier alpha value is -2.17. The van der Waals surface area contributed by atoms with Crippen LogP contribution in [0.2, 0.25) is 0 Å². The van der Waals surface area contributed by atoms with Crippen molar-refractivity contribution in [1.82, 2.24) is 9.80 Å². The van der Waals surface area contributed by atoms with E-state index in [1.54, 1.807) is 0 Å². The van der Waals surface area contributed by atoms with Crippen LogP contribution in [0.4, 0.5) is 5.69 Å². The first-order valence-electron chi connectivity index (χ1n) is 10.1. The predicted molar refractivity (Wildman–Crippen MR) is 112 cm³/mol. The second-order valence-corrected chi connectivity index (χ2v) is 7.33. The Bertz CT molecular complexity index is 706. The normalized spacial score (nSPS) is 16.8. The summed E-state index contributed by atoms with van der Waals surface area (Å²) < 4.78 is 0. The van der Waals surface area contributed by atoms with Crippen LogP contribution in [0, 0.1) is 0 Å². The Kier molecular flexibility index (Phi) is 7.02. The topological polar surface area (TPSA) is 35.6 Å². The van der Waals surface area contributed by atoms with Crippen molar-refractivity contribution in [3.05, 3.63) is 65.7 Å². The molecule has 0 aliphatic carbocycles. The van der Waals surface area contributed by atoms with E-state index >= 15 is 0 Å². The highest BCUT2D eigenvalue weighted by Crippen LogP contribution is 2.13. The molecule has 27 heavy (non-hydrogen) atoms. The minimum absolute atomic E-state index is 0.0805. The SMILES string of the molecule is CCc1ccc(NC(=O)C(C)N2CCN(CCc3ccccc3)CC2)cc1. The van der Waals surface area contributed by atoms with Gasteiger partial charge in [0.2, 0.25) is 5.91 Å². The molecule has 0 spiro atoms. The number of rotatable bonds is 7. The van der Waals surface area contributed by atoms with E-state index in [0.29, 0.717) is 0 Å². The predicted octanol–water partition coefficient (Wildman–Crippen LogP) is 3.44. The standard InChI is InChI=1S/C23H31N3O/c1-3-20-9-11-22(12-10-20)24-23(27)19(2)26-17-15-25(16-18-26)14-13-21-7-5-4-6-8-21/h4-12,19H,3,13-18H2,1-2H3,(H,24,27). The van der Waals surface area contributed by atoms with Crippen molar-refractivity contribution in [1.29, 1.82) is 0 Å². The highest BCUT2D eigenvalue weighted by molar-refractivity contribution is 5.94. The first-order valence-corrected chi connectivity index (χ1v) is 10.1. The van der Waals surface area contributed by atoms with E-state index in [9.17, 15) is 4.79 Å². The molecule has 2 aromatic rings. The van der Waals surface area contributed by atoms with Gasteiger partial charge in [-0.3, -0.25) is 9.69 Å². The van der Waals surface area contributed by atoms with Gasteiger partial charge in [-0.05, 0) is 43.0 Å². The van der Waals surface area contributed by atoms with Crippen molar-refractivity contribution in [2.24, 2.45) is 0 Å². The quantitative estimate of drug-likeness (QED) is 0.816. The van der Waals surface area contributed by atoms with Crippen LogP contribution in [0.1, 0.15) is 25.0 Å². The Balaban J connectivity index is 1.43. The van der Waals surface area contributed by atoms with E-state index in [2.05, 4.69) is 64.5 Å². The summed E-state index contributed by atoms with van der Waals surface area (Å²) in [7, 11) is 0. The number of carbonyl (C=O) groups excluding carboxylic acids is 1. The van der Waals surface area contributed by atoms with Crippen LogP contribution in [0.15, 0.2) is 54.6 Å². The number of piperazine rings is 1. The van der Waals surface area contributed by atoms with Gasteiger partial charge in [0.1, 0.15) is 0 Å². The monoisotopic (exact) mass is 365 g/mol. The van der Waals surface area contributed by atoms with Crippen molar-refractivity contribution >= 4 is 11.6 Å². The summed E-state index contributed by atoms with van der Waals surface area (Å²) in [5.41, 5.74) is 3.56. The van der Waals surface area contributed by atoms with E-state index in [1.165, 1.54) is 11.1 Å². The lowest BCUT2D eigenvalue weighted by Gasteiger charge is -2.37. The van der Waals surface area contributed by atoms with Crippen LogP contribution in [-0.2, 0) is 17.6 Å². The van der Waals surface area contributed by atoms with E-state index in [1.807, 2.05) is 19.1 Å². The third-order valence-corrected chi connectivity index (χ3v) is 5.52. The van der Waals surface area contributed by atoms with Crippen LogP contribution in [-0.4, -0.2) is 54.5 Å². The van der Waals surface area contributed by atoms with Gasteiger partial charge in [-0.2, -0.15) is 0 Å². The van der Waals surface area contributed by atoms with Gasteiger partial charge < -0.3 is 10.2 Å². The van der Waals surface area contributed by atoms with Crippen LogP contribution < -0.4 is 5.32 Å². The second kappa shape index (κ2) is 9.67. The number of benzene rings is 2. The summed E-state index contributed by atoms with van der Waals surface area (Å²) in [5, 5.41) is 3.05. The number of anilines is 1. The van der Waals surface area contributed by atoms with Crippen molar-refractivity contribution < 1.29 is 4.79 Å². The molecule has 1 heterocycles. The molecule has 144 valence electrons. The molecule has 4 nitrogen and oxygen atoms in total. The molecule has 0 aromatic heterocycles. The summed E-state index contributed by atoms with van der Waals surface area (Å²) in [6, 6.07) is 18.7. The zero-order chi connectivity index (χ0) is 19.1. The van der Waals surface area contributed by atoms with Gasteiger partial charge >= 0.3 is 0 Å². The molecule has 1 atom stereocenters. The zero-order valence-electron chi connectivity index (χ0n) is 16.5. The highest BCUT2D eigenvalue weighted by Gasteiger charge is 2.25. The van der Waals surface area contributed by atoms with E-state index in [4.69, 9.17) is 0 Å². The number of hydrogen-bond acceptors (Lipinski definition) is 3. The fourth-order valence-corrected chi connectivity index (χ4v) is 3.54. The van der Waals surface area contributed by atoms with Gasteiger partial charge in [-0.15, -0.1) is 0 Å². The summed E-state index contributed by atoms with van der Waals surface area (Å²) in [6.45, 7) is 9.16. The molecular formula is C23H31N3O. The summed E-state index contributed by atoms with van der Waals surface area (Å²) in [4.78, 5) is 17.4. The number of aryl methyl sites for hydroxylation is 1. The molecule has 3 rings (SSSR count). The van der Waals surface area contributed by atoms with Gasteiger partial charge in [0.15, 0.2) is 0 Å². The average Bonchev–Trinajstić information content (AvgIpc) is 2.73. The van der Waals surface area contributed by atoms with Gasteiger partial charge in [0.25, 0.3) is 0 Å². The largest absolute Gasteiger partial charge is 0.325 e. The summed E-state index contributed by atoms with van der Waals surface area (Å²) in [6.07, 6.45) is 2.10. The molecule has 1 N–H and O–H groups in total. The third-order valence-electron chi connectivity index (χ3n) is 5.52. The van der Waals surface area contributed by atoms with Gasteiger partial charge in [-0.1, -0.05) is 49.4 Å². The summed E-state index contributed by atoms with van der Waals surface area (Å²) >= 11 is 0. The van der Waals surface area contributed by atoms with Gasteiger partial charge in [0.05, 0.1) is 6.04 Å². The molecule has 0 saturated carbocycles. The van der Waals surface area contributed by atoms with Crippen molar-refractivity contribution in [3.63, 3.8) is 0 Å². The summed E-state index contributed by atoms with van der Waals surface area (Å²) in [5.74, 6) is 0.0805. The second-order valence-electron chi connectivity index (χ2n) is 7.33. The highest BCUT2D eigenvalue weighted by atomic mass is 16.2. The molecule has 0 bridgehead atoms. The maximum atomic E-state index is 12.6. The van der Waals surface area contributed by atoms with Crippen molar-refractivity contribution in [2.45, 2.75) is 32.7 Å². The number of nitrogens with one attached hydrogen (secondary N) is 1. The van der Waals surface area contributed by atoms with E-state index < -0.39 is 0 Å². The Morgan fingerprint density at radius 3 is 2.26 bits per heavy atom. The maximum Gasteiger partial charge on any atom is 0.241 e. The van der Waals surface area contributed by atoms with E-state index in [-0.39, 0.29) is 11.9 Å². The van der Waals surface area contributed by atoms with Crippen LogP contribution in [0.5, 0.6) is 0 Å². The maximum absolute atomic E-state index is 12.6. The molecule has 1 saturated heterocycles. The first-order chi connectivity index (χ1) is 13.2. The van der Waals surface area contributed by atoms with Gasteiger partial charge in [-0.25, -0.2) is 0 Å². The minimum atomic E-state index is -0.105. The average molecular weight is 366 g/mol. The fourth-order valence-electron chi connectivity index (χ4n) is 3.54. The fraction of sp³-hybridized carbons (Fsp3) is 0.435. The Labute approximate surface area is 163 Å². The number of nitrogens with zero attached hydrogens (tertiary/aromatic N) is 2. The molecule has 1 amide bonds. The van der Waals surface area contributed by atoms with Crippen LogP contribution in [0.3, 0.4) is 0 Å². The number of hydrogen-bond donors (Lipinski definition) is 1. The zero-order valence-corrected chi connectivity index (χ0v) is 16.5. The number of amides is 1. The lowest BCUT2D eigenvalue weighted by atomic mass is 10.1. The van der Waals surface area contributed by atoms with Crippen molar-refractivity contribution in [2.75, 3.05) is 38.0 Å². The lowest BCUT2D eigenvalue weighted by molar-refractivity contribution is -0.121. The third kappa shape index (κ3) is 5.65. The minimum Gasteiger partial charge on any atom is -0.325 e. The van der Waals surface area contributed by atoms with Crippen LogP contribution in [0.25, 0.3) is 0 Å². The molecule has 2 aromatic carbocycles. The molecule has 4 heteroatoms. The molecule has 0 radical (unpaired) electrons. The van der Waals surface area contributed by atoms with E-state index in [0.717, 1.165) is 51.3 Å². The Morgan fingerprint density at radius 2 is 1.63 bits per heavy atom. The Morgan fingerprint density at radius 1 is 0.963 bits per heavy atom. The number of carbonyl (C=O) groups is 1. The molecule has 1 aliphatic heterocycles. The molecular weight excluding hydrogens is 334 g/mol. The smallest absolute Gasteiger partial charge is 0.241 e. The first kappa shape index (κ1) is 19.6. The molecule has 1 aliphatic rings. The van der Waals surface area contributed by atoms with Crippen LogP contribution >= 0.6 is 0 Å². The molecule has 1 fully saturated rings.